The summed E-state index contributed by atoms with van der Waals surface area (Å²) < 4.78 is 2.53. The van der Waals surface area contributed by atoms with Gasteiger partial charge in [-0.05, 0) is 13.3 Å². The summed E-state index contributed by atoms with van der Waals surface area (Å²) in [5.41, 5.74) is -0.789. The van der Waals surface area contributed by atoms with Crippen molar-refractivity contribution in [1.29, 1.82) is 5.26 Å². The van der Waals surface area contributed by atoms with Gasteiger partial charge in [0.1, 0.15) is 11.6 Å². The maximum atomic E-state index is 11.8. The molecule has 0 aliphatic heterocycles. The minimum Gasteiger partial charge on any atom is -0.299 e. The van der Waals surface area contributed by atoms with Gasteiger partial charge in [-0.15, -0.1) is 0 Å². The molecule has 0 spiro atoms. The molecule has 0 N–H and O–H groups in total. The zero-order valence-electron chi connectivity index (χ0n) is 9.56. The lowest BCUT2D eigenvalue weighted by Gasteiger charge is -2.08. The van der Waals surface area contributed by atoms with Crippen LogP contribution in [-0.2, 0) is 13.1 Å². The summed E-state index contributed by atoms with van der Waals surface area (Å²) in [6, 6.07) is 1.82. The fourth-order valence-electron chi connectivity index (χ4n) is 1.47. The SMILES string of the molecule is CCCCn1c(=O)c(C#N)cn(CC)c1=O. The molecule has 0 fully saturated rings. The minimum atomic E-state index is -0.481. The van der Waals surface area contributed by atoms with E-state index in [1.807, 2.05) is 13.0 Å². The van der Waals surface area contributed by atoms with Crippen LogP contribution in [0.1, 0.15) is 32.3 Å². The van der Waals surface area contributed by atoms with Gasteiger partial charge in [-0.2, -0.15) is 5.26 Å². The van der Waals surface area contributed by atoms with Gasteiger partial charge in [0.05, 0.1) is 0 Å². The molecule has 16 heavy (non-hydrogen) atoms. The molecule has 86 valence electrons. The van der Waals surface area contributed by atoms with Crippen molar-refractivity contribution in [3.63, 3.8) is 0 Å². The Morgan fingerprint density at radius 3 is 2.56 bits per heavy atom. The molecular weight excluding hydrogens is 206 g/mol. The van der Waals surface area contributed by atoms with Crippen molar-refractivity contribution in [3.8, 4) is 6.07 Å². The van der Waals surface area contributed by atoms with Crippen molar-refractivity contribution >= 4 is 0 Å². The predicted molar refractivity (Wildman–Crippen MR) is 60.3 cm³/mol. The van der Waals surface area contributed by atoms with E-state index in [9.17, 15) is 9.59 Å². The molecule has 5 nitrogen and oxygen atoms in total. The molecule has 0 unspecified atom stereocenters. The lowest BCUT2D eigenvalue weighted by Crippen LogP contribution is -2.40. The van der Waals surface area contributed by atoms with Gasteiger partial charge in [0, 0.05) is 19.3 Å². The molecule has 1 aromatic rings. The first-order chi connectivity index (χ1) is 7.65. The monoisotopic (exact) mass is 221 g/mol. The second-order valence-corrected chi connectivity index (χ2v) is 3.53. The van der Waals surface area contributed by atoms with Gasteiger partial charge in [0.15, 0.2) is 0 Å². The fourth-order valence-corrected chi connectivity index (χ4v) is 1.47. The normalized spacial score (nSPS) is 10.1. The van der Waals surface area contributed by atoms with E-state index < -0.39 is 5.56 Å². The van der Waals surface area contributed by atoms with E-state index in [4.69, 9.17) is 5.26 Å². The molecule has 0 amide bonds. The highest BCUT2D eigenvalue weighted by Crippen LogP contribution is 1.91. The van der Waals surface area contributed by atoms with Crippen molar-refractivity contribution in [2.45, 2.75) is 39.8 Å². The van der Waals surface area contributed by atoms with Gasteiger partial charge in [-0.1, -0.05) is 13.3 Å². The highest BCUT2D eigenvalue weighted by molar-refractivity contribution is 5.22. The molecule has 0 saturated carbocycles. The number of aromatic nitrogens is 2. The average Bonchev–Trinajstić information content (AvgIpc) is 2.29. The Kier molecular flexibility index (Phi) is 4.06. The van der Waals surface area contributed by atoms with Gasteiger partial charge in [0.2, 0.25) is 0 Å². The van der Waals surface area contributed by atoms with Crippen molar-refractivity contribution in [2.24, 2.45) is 0 Å². The second kappa shape index (κ2) is 5.31. The number of rotatable bonds is 4. The number of hydrogen-bond acceptors (Lipinski definition) is 3. The summed E-state index contributed by atoms with van der Waals surface area (Å²) in [6.07, 6.45) is 2.98. The van der Waals surface area contributed by atoms with E-state index >= 15 is 0 Å². The topological polar surface area (TPSA) is 67.8 Å². The van der Waals surface area contributed by atoms with E-state index in [1.165, 1.54) is 10.8 Å². The van der Waals surface area contributed by atoms with Crippen LogP contribution in [0.4, 0.5) is 0 Å². The van der Waals surface area contributed by atoms with Gasteiger partial charge >= 0.3 is 5.69 Å². The summed E-state index contributed by atoms with van der Waals surface area (Å²) in [4.78, 5) is 23.5. The first-order valence-electron chi connectivity index (χ1n) is 5.40. The zero-order valence-corrected chi connectivity index (χ0v) is 9.56. The molecule has 1 aromatic heterocycles. The van der Waals surface area contributed by atoms with E-state index in [0.717, 1.165) is 17.4 Å². The molecule has 0 atom stereocenters. The number of unbranched alkanes of at least 4 members (excludes halogenated alkanes) is 1. The Labute approximate surface area is 93.6 Å². The Morgan fingerprint density at radius 1 is 1.38 bits per heavy atom. The van der Waals surface area contributed by atoms with Crippen LogP contribution in [0.15, 0.2) is 15.8 Å². The van der Waals surface area contributed by atoms with Crippen molar-refractivity contribution < 1.29 is 0 Å². The molecule has 1 rings (SSSR count). The predicted octanol–water partition coefficient (Wildman–Crippen LogP) is 0.702. The smallest absolute Gasteiger partial charge is 0.299 e. The molecule has 0 bridgehead atoms. The molecule has 0 aromatic carbocycles. The van der Waals surface area contributed by atoms with Gasteiger partial charge in [0.25, 0.3) is 5.56 Å². The molecule has 5 heteroatoms. The average molecular weight is 221 g/mol. The quantitative estimate of drug-likeness (QED) is 0.751. The standard InChI is InChI=1S/C11H15N3O2/c1-3-5-6-14-10(15)9(7-12)8-13(4-2)11(14)16/h8H,3-6H2,1-2H3. The highest BCUT2D eigenvalue weighted by Gasteiger charge is 2.09. The summed E-state index contributed by atoms with van der Waals surface area (Å²) in [5, 5.41) is 8.80. The lowest BCUT2D eigenvalue weighted by atomic mass is 10.3. The maximum Gasteiger partial charge on any atom is 0.331 e. The molecule has 0 saturated heterocycles. The van der Waals surface area contributed by atoms with Crippen LogP contribution in [0.3, 0.4) is 0 Å². The molecular formula is C11H15N3O2. The van der Waals surface area contributed by atoms with Crippen LogP contribution in [0.5, 0.6) is 0 Å². The molecule has 0 aliphatic rings. The third-order valence-electron chi connectivity index (χ3n) is 2.43. The van der Waals surface area contributed by atoms with E-state index in [-0.39, 0.29) is 11.3 Å². The first-order valence-corrected chi connectivity index (χ1v) is 5.40. The van der Waals surface area contributed by atoms with Crippen LogP contribution in [-0.4, -0.2) is 9.13 Å². The van der Waals surface area contributed by atoms with E-state index in [0.29, 0.717) is 13.1 Å². The Morgan fingerprint density at radius 2 is 2.06 bits per heavy atom. The summed E-state index contributed by atoms with van der Waals surface area (Å²) >= 11 is 0. The van der Waals surface area contributed by atoms with Gasteiger partial charge in [-0.3, -0.25) is 13.9 Å². The number of aryl methyl sites for hydroxylation is 1. The second-order valence-electron chi connectivity index (χ2n) is 3.53. The lowest BCUT2D eigenvalue weighted by molar-refractivity contribution is 0.538. The van der Waals surface area contributed by atoms with E-state index in [2.05, 4.69) is 0 Å². The third kappa shape index (κ3) is 2.22. The number of nitrogens with zero attached hydrogens (tertiary/aromatic N) is 3. The Balaban J connectivity index is 3.40. The van der Waals surface area contributed by atoms with Gasteiger partial charge in [-0.25, -0.2) is 4.79 Å². The highest BCUT2D eigenvalue weighted by atomic mass is 16.2. The van der Waals surface area contributed by atoms with Crippen LogP contribution < -0.4 is 11.2 Å². The maximum absolute atomic E-state index is 11.8. The minimum absolute atomic E-state index is 0.0255. The largest absolute Gasteiger partial charge is 0.331 e. The van der Waals surface area contributed by atoms with Crippen molar-refractivity contribution in [3.05, 3.63) is 32.6 Å². The summed E-state index contributed by atoms with van der Waals surface area (Å²) in [5.74, 6) is 0. The summed E-state index contributed by atoms with van der Waals surface area (Å²) in [6.45, 7) is 4.62. The van der Waals surface area contributed by atoms with Crippen LogP contribution in [0.2, 0.25) is 0 Å². The number of hydrogen-bond donors (Lipinski definition) is 0. The van der Waals surface area contributed by atoms with Crippen LogP contribution >= 0.6 is 0 Å². The Bertz CT molecular complexity index is 520. The molecule has 0 aliphatic carbocycles. The third-order valence-corrected chi connectivity index (χ3v) is 2.43. The fraction of sp³-hybridized carbons (Fsp3) is 0.545. The van der Waals surface area contributed by atoms with Crippen molar-refractivity contribution in [2.75, 3.05) is 0 Å². The number of nitriles is 1. The Hall–Kier alpha value is -1.83. The van der Waals surface area contributed by atoms with Crippen molar-refractivity contribution in [1.82, 2.24) is 9.13 Å². The zero-order chi connectivity index (χ0) is 12.1. The van der Waals surface area contributed by atoms with Crippen LogP contribution in [0.25, 0.3) is 0 Å². The van der Waals surface area contributed by atoms with Crippen LogP contribution in [0, 0.1) is 11.3 Å². The molecule has 0 radical (unpaired) electrons. The summed E-state index contributed by atoms with van der Waals surface area (Å²) in [7, 11) is 0. The van der Waals surface area contributed by atoms with Gasteiger partial charge < -0.3 is 0 Å². The molecule has 1 heterocycles. The van der Waals surface area contributed by atoms with E-state index in [1.54, 1.807) is 6.92 Å². The first kappa shape index (κ1) is 12.2.